The maximum absolute atomic E-state index is 12.3. The number of thioether (sulfide) groups is 1. The quantitative estimate of drug-likeness (QED) is 0.759. The van der Waals surface area contributed by atoms with Crippen LogP contribution >= 0.6 is 23.1 Å². The maximum Gasteiger partial charge on any atom is 0.315 e. The molecule has 2 rings (SSSR count). The smallest absolute Gasteiger partial charge is 0.315 e. The fourth-order valence-corrected chi connectivity index (χ4v) is 3.53. The van der Waals surface area contributed by atoms with Gasteiger partial charge in [0.1, 0.15) is 5.01 Å². The Morgan fingerprint density at radius 3 is 2.62 bits per heavy atom. The van der Waals surface area contributed by atoms with Crippen molar-refractivity contribution in [3.63, 3.8) is 0 Å². The molecule has 1 aromatic carbocycles. The zero-order valence-electron chi connectivity index (χ0n) is 13.7. The first-order valence-corrected chi connectivity index (χ1v) is 9.29. The molecule has 0 aliphatic heterocycles. The predicted octanol–water partition coefficient (Wildman–Crippen LogP) is 3.14. The van der Waals surface area contributed by atoms with Crippen LogP contribution in [0.1, 0.15) is 18.9 Å². The second-order valence-electron chi connectivity index (χ2n) is 5.05. The van der Waals surface area contributed by atoms with E-state index < -0.39 is 0 Å². The normalized spacial score (nSPS) is 11.8. The van der Waals surface area contributed by atoms with Gasteiger partial charge in [0.25, 0.3) is 0 Å². The van der Waals surface area contributed by atoms with Gasteiger partial charge in [0, 0.05) is 5.56 Å². The van der Waals surface area contributed by atoms with Crippen molar-refractivity contribution >= 4 is 40.1 Å². The summed E-state index contributed by atoms with van der Waals surface area (Å²) < 4.78 is 4.59. The summed E-state index contributed by atoms with van der Waals surface area (Å²) in [5.74, 6) is -0.380. The lowest BCUT2D eigenvalue weighted by Gasteiger charge is -2.12. The van der Waals surface area contributed by atoms with Gasteiger partial charge in [0.2, 0.25) is 11.0 Å². The van der Waals surface area contributed by atoms with Crippen molar-refractivity contribution in [1.82, 2.24) is 10.2 Å². The average Bonchev–Trinajstić information content (AvgIpc) is 3.04. The number of benzene rings is 1. The molecule has 0 saturated heterocycles. The van der Waals surface area contributed by atoms with Gasteiger partial charge in [-0.15, -0.1) is 22.0 Å². The van der Waals surface area contributed by atoms with Crippen LogP contribution in [0.5, 0.6) is 0 Å². The molecule has 1 aromatic heterocycles. The third-order valence-electron chi connectivity index (χ3n) is 3.25. The molecule has 1 unspecified atom stereocenters. The highest BCUT2D eigenvalue weighted by Gasteiger charge is 2.20. The van der Waals surface area contributed by atoms with E-state index >= 15 is 0 Å². The van der Waals surface area contributed by atoms with Gasteiger partial charge in [-0.1, -0.05) is 48.1 Å². The molecule has 2 aromatic rings. The molecule has 0 aliphatic carbocycles. The van der Waals surface area contributed by atoms with Crippen LogP contribution in [0.25, 0.3) is 10.6 Å². The van der Waals surface area contributed by atoms with E-state index in [1.165, 1.54) is 35.8 Å². The van der Waals surface area contributed by atoms with Crippen molar-refractivity contribution in [1.29, 1.82) is 0 Å². The monoisotopic (exact) mass is 365 g/mol. The Hall–Kier alpha value is -1.93. The molecule has 1 heterocycles. The fourth-order valence-electron chi connectivity index (χ4n) is 1.88. The summed E-state index contributed by atoms with van der Waals surface area (Å²) >= 11 is 2.58. The minimum absolute atomic E-state index is 0.146. The number of nitrogens with one attached hydrogen (secondary N) is 1. The van der Waals surface area contributed by atoms with Gasteiger partial charge in [-0.05, 0) is 13.3 Å². The van der Waals surface area contributed by atoms with Crippen LogP contribution in [0.2, 0.25) is 0 Å². The highest BCUT2D eigenvalue weighted by molar-refractivity contribution is 8.01. The van der Waals surface area contributed by atoms with Crippen LogP contribution < -0.4 is 5.32 Å². The van der Waals surface area contributed by atoms with Crippen molar-refractivity contribution in [2.75, 3.05) is 18.2 Å². The molecule has 128 valence electrons. The van der Waals surface area contributed by atoms with E-state index in [0.29, 0.717) is 11.6 Å². The predicted molar refractivity (Wildman–Crippen MR) is 97.3 cm³/mol. The van der Waals surface area contributed by atoms with Crippen LogP contribution in [0, 0.1) is 6.92 Å². The number of nitrogens with zero attached hydrogens (tertiary/aromatic N) is 2. The van der Waals surface area contributed by atoms with E-state index in [2.05, 4.69) is 20.3 Å². The molecule has 0 bridgehead atoms. The Morgan fingerprint density at radius 1 is 1.29 bits per heavy atom. The third-order valence-corrected chi connectivity index (χ3v) is 5.49. The highest BCUT2D eigenvalue weighted by atomic mass is 32.2. The topological polar surface area (TPSA) is 81.2 Å². The van der Waals surface area contributed by atoms with Crippen LogP contribution in [-0.4, -0.2) is 40.2 Å². The van der Waals surface area contributed by atoms with Gasteiger partial charge in [-0.2, -0.15) is 0 Å². The van der Waals surface area contributed by atoms with Crippen molar-refractivity contribution < 1.29 is 14.3 Å². The molecular formula is C16H19N3O3S2. The van der Waals surface area contributed by atoms with Crippen molar-refractivity contribution in [3.8, 4) is 10.6 Å². The van der Waals surface area contributed by atoms with E-state index in [1.807, 2.05) is 38.1 Å². The van der Waals surface area contributed by atoms with E-state index in [0.717, 1.165) is 10.6 Å². The van der Waals surface area contributed by atoms with Crippen LogP contribution in [0.15, 0.2) is 24.3 Å². The lowest BCUT2D eigenvalue weighted by atomic mass is 10.2. The number of anilines is 1. The summed E-state index contributed by atoms with van der Waals surface area (Å²) in [5, 5.41) is 11.8. The Labute approximate surface area is 149 Å². The van der Waals surface area contributed by atoms with Gasteiger partial charge in [0.05, 0.1) is 18.1 Å². The zero-order valence-corrected chi connectivity index (χ0v) is 15.4. The first-order chi connectivity index (χ1) is 11.5. The summed E-state index contributed by atoms with van der Waals surface area (Å²) in [5.41, 5.74) is 2.14. The number of amides is 1. The number of aromatic nitrogens is 2. The number of rotatable bonds is 7. The van der Waals surface area contributed by atoms with E-state index in [-0.39, 0.29) is 22.9 Å². The average molecular weight is 365 g/mol. The minimum Gasteiger partial charge on any atom is -0.468 e. The van der Waals surface area contributed by atoms with Crippen LogP contribution in [0.4, 0.5) is 5.13 Å². The van der Waals surface area contributed by atoms with Gasteiger partial charge in [-0.25, -0.2) is 0 Å². The highest BCUT2D eigenvalue weighted by Crippen LogP contribution is 2.27. The number of hydrogen-bond donors (Lipinski definition) is 1. The fraction of sp³-hybridized carbons (Fsp3) is 0.375. The molecule has 0 spiro atoms. The molecule has 0 fully saturated rings. The maximum atomic E-state index is 12.3. The minimum atomic E-state index is -0.344. The molecule has 24 heavy (non-hydrogen) atoms. The molecule has 1 N–H and O–H groups in total. The molecule has 1 amide bonds. The Balaban J connectivity index is 1.98. The van der Waals surface area contributed by atoms with Crippen LogP contribution in [-0.2, 0) is 14.3 Å². The van der Waals surface area contributed by atoms with E-state index in [9.17, 15) is 9.59 Å². The van der Waals surface area contributed by atoms with Gasteiger partial charge >= 0.3 is 5.97 Å². The Morgan fingerprint density at radius 2 is 2.00 bits per heavy atom. The SMILES string of the molecule is CCC(SCC(=O)OC)C(=O)Nc1nnc(-c2ccc(C)cc2)s1. The van der Waals surface area contributed by atoms with Crippen molar-refractivity contribution in [2.45, 2.75) is 25.5 Å². The van der Waals surface area contributed by atoms with Crippen LogP contribution in [0.3, 0.4) is 0 Å². The molecule has 8 heteroatoms. The Kier molecular flexibility index (Phi) is 6.74. The van der Waals surface area contributed by atoms with Crippen molar-refractivity contribution in [2.24, 2.45) is 0 Å². The molecule has 0 aliphatic rings. The number of hydrogen-bond acceptors (Lipinski definition) is 7. The number of ether oxygens (including phenoxy) is 1. The molecule has 0 radical (unpaired) electrons. The number of carbonyl (C=O) groups is 2. The summed E-state index contributed by atoms with van der Waals surface area (Å²) in [6, 6.07) is 7.96. The van der Waals surface area contributed by atoms with Gasteiger partial charge in [0.15, 0.2) is 0 Å². The summed E-state index contributed by atoms with van der Waals surface area (Å²) in [7, 11) is 1.33. The number of carbonyl (C=O) groups excluding carboxylic acids is 2. The summed E-state index contributed by atoms with van der Waals surface area (Å²) in [4.78, 5) is 23.5. The molecular weight excluding hydrogens is 346 g/mol. The third kappa shape index (κ3) is 5.04. The van der Waals surface area contributed by atoms with E-state index in [4.69, 9.17) is 0 Å². The lowest BCUT2D eigenvalue weighted by Crippen LogP contribution is -2.25. The first-order valence-electron chi connectivity index (χ1n) is 7.43. The summed E-state index contributed by atoms with van der Waals surface area (Å²) in [6.45, 7) is 3.92. The first kappa shape index (κ1) is 18.4. The number of aryl methyl sites for hydroxylation is 1. The zero-order chi connectivity index (χ0) is 17.5. The van der Waals surface area contributed by atoms with E-state index in [1.54, 1.807) is 0 Å². The molecule has 6 nitrogen and oxygen atoms in total. The Bertz CT molecular complexity index is 701. The second-order valence-corrected chi connectivity index (χ2v) is 7.22. The van der Waals surface area contributed by atoms with Gasteiger partial charge in [-0.3, -0.25) is 14.9 Å². The molecule has 1 atom stereocenters. The van der Waals surface area contributed by atoms with Gasteiger partial charge < -0.3 is 4.74 Å². The second kappa shape index (κ2) is 8.79. The lowest BCUT2D eigenvalue weighted by molar-refractivity contribution is -0.137. The van der Waals surface area contributed by atoms with Crippen molar-refractivity contribution in [3.05, 3.63) is 29.8 Å². The number of esters is 1. The summed E-state index contributed by atoms with van der Waals surface area (Å²) in [6.07, 6.45) is 0.608. The molecule has 0 saturated carbocycles. The standard InChI is InChI=1S/C16H19N3O3S2/c1-4-12(23-9-13(20)22-3)14(21)17-16-19-18-15(24-16)11-7-5-10(2)6-8-11/h5-8,12H,4,9H2,1-3H3,(H,17,19,21). The largest absolute Gasteiger partial charge is 0.468 e. The number of methoxy groups -OCH3 is 1.